The Bertz CT molecular complexity index is 1060. The molecule has 0 heterocycles. The number of aliphatic carboxylic acids is 1. The quantitative estimate of drug-likeness (QED) is 0.0558. The van der Waals surface area contributed by atoms with E-state index < -0.39 is 60.2 Å². The number of carboxylic acids is 1. The summed E-state index contributed by atoms with van der Waals surface area (Å²) in [5.41, 5.74) is 22.2. The SMILES string of the molecule is CC(C)C[C@H](N)C(=O)N[C@@H](CC(N)=O)C(=O)N[C@@H](Cc1ccc(O)cc1)C(=O)N[C@@H](CCCN=C(N)N)C(=O)O. The largest absolute Gasteiger partial charge is 0.508 e. The van der Waals surface area contributed by atoms with Crippen LogP contribution < -0.4 is 38.9 Å². The first-order chi connectivity index (χ1) is 18.7. The molecular formula is C25H40N8O7. The summed E-state index contributed by atoms with van der Waals surface area (Å²) in [7, 11) is 0. The van der Waals surface area contributed by atoms with Crippen LogP contribution in [0.3, 0.4) is 0 Å². The van der Waals surface area contributed by atoms with Crippen molar-refractivity contribution in [1.29, 1.82) is 0 Å². The van der Waals surface area contributed by atoms with Gasteiger partial charge in [0.15, 0.2) is 5.96 Å². The second-order valence-corrected chi connectivity index (χ2v) is 9.75. The molecule has 4 amide bonds. The maximum atomic E-state index is 13.2. The summed E-state index contributed by atoms with van der Waals surface area (Å²) in [6, 6.07) is 0.745. The standard InChI is InChI=1S/C25H40N8O7/c1-13(2)10-16(26)21(36)32-19(12-20(27)35)23(38)33-18(11-14-5-7-15(34)8-6-14)22(37)31-17(24(39)40)4-3-9-30-25(28)29/h5-8,13,16-19,34H,3-4,9-12,26H2,1-2H3,(H2,27,35)(H,31,37)(H,32,36)(H,33,38)(H,39,40)(H4,28,29,30)/t16-,17-,18-,19-/m0/s1. The molecule has 4 atom stereocenters. The number of phenols is 1. The maximum Gasteiger partial charge on any atom is 0.326 e. The second kappa shape index (κ2) is 16.5. The molecule has 40 heavy (non-hydrogen) atoms. The van der Waals surface area contributed by atoms with E-state index in [9.17, 15) is 34.2 Å². The number of phenolic OH excluding ortho intramolecular Hbond substituents is 1. The van der Waals surface area contributed by atoms with Crippen LogP contribution in [0.1, 0.15) is 45.1 Å². The highest BCUT2D eigenvalue weighted by molar-refractivity contribution is 5.96. The third kappa shape index (κ3) is 12.9. The van der Waals surface area contributed by atoms with Gasteiger partial charge in [0.2, 0.25) is 23.6 Å². The highest BCUT2D eigenvalue weighted by Crippen LogP contribution is 2.12. The molecular weight excluding hydrogens is 524 g/mol. The number of amides is 4. The molecule has 1 rings (SSSR count). The van der Waals surface area contributed by atoms with Gasteiger partial charge in [0.1, 0.15) is 23.9 Å². The number of hydrogen-bond acceptors (Lipinski definition) is 8. The number of carbonyl (C=O) groups excluding carboxylic acids is 4. The molecule has 0 spiro atoms. The van der Waals surface area contributed by atoms with Crippen LogP contribution in [0.2, 0.25) is 0 Å². The van der Waals surface area contributed by atoms with Crippen molar-refractivity contribution in [3.8, 4) is 5.75 Å². The van der Waals surface area contributed by atoms with E-state index in [1.807, 2.05) is 13.8 Å². The number of nitrogens with zero attached hydrogens (tertiary/aromatic N) is 1. The highest BCUT2D eigenvalue weighted by atomic mass is 16.4. The van der Waals surface area contributed by atoms with E-state index in [1.165, 1.54) is 24.3 Å². The molecule has 222 valence electrons. The fraction of sp³-hybridized carbons (Fsp3) is 0.520. The fourth-order valence-corrected chi connectivity index (χ4v) is 3.69. The first kappa shape index (κ1) is 33.6. The van der Waals surface area contributed by atoms with E-state index in [2.05, 4.69) is 20.9 Å². The Labute approximate surface area is 232 Å². The number of guanidine groups is 1. The van der Waals surface area contributed by atoms with Gasteiger partial charge in [-0.3, -0.25) is 24.2 Å². The summed E-state index contributed by atoms with van der Waals surface area (Å²) < 4.78 is 0. The van der Waals surface area contributed by atoms with Gasteiger partial charge in [0.25, 0.3) is 0 Å². The lowest BCUT2D eigenvalue weighted by Gasteiger charge is -2.25. The van der Waals surface area contributed by atoms with E-state index >= 15 is 0 Å². The molecule has 0 unspecified atom stereocenters. The number of aliphatic imine (C=N–C) groups is 1. The lowest BCUT2D eigenvalue weighted by atomic mass is 10.0. The zero-order valence-electron chi connectivity index (χ0n) is 22.6. The summed E-state index contributed by atoms with van der Waals surface area (Å²) in [5.74, 6) is -4.71. The van der Waals surface area contributed by atoms with Gasteiger partial charge in [-0.05, 0) is 42.9 Å². The van der Waals surface area contributed by atoms with Gasteiger partial charge in [-0.15, -0.1) is 0 Å². The van der Waals surface area contributed by atoms with Crippen LogP contribution >= 0.6 is 0 Å². The smallest absolute Gasteiger partial charge is 0.326 e. The van der Waals surface area contributed by atoms with E-state index in [0.717, 1.165) is 0 Å². The summed E-state index contributed by atoms with van der Waals surface area (Å²) >= 11 is 0. The van der Waals surface area contributed by atoms with Crippen LogP contribution in [-0.4, -0.2) is 76.5 Å². The fourth-order valence-electron chi connectivity index (χ4n) is 3.69. The van der Waals surface area contributed by atoms with Crippen molar-refractivity contribution in [1.82, 2.24) is 16.0 Å². The van der Waals surface area contributed by atoms with Crippen LogP contribution in [0.4, 0.5) is 0 Å². The average Bonchev–Trinajstić information content (AvgIpc) is 2.85. The maximum absolute atomic E-state index is 13.2. The Morgan fingerprint density at radius 1 is 0.875 bits per heavy atom. The Balaban J connectivity index is 3.14. The molecule has 0 aliphatic carbocycles. The lowest BCUT2D eigenvalue weighted by molar-refractivity contribution is -0.142. The summed E-state index contributed by atoms with van der Waals surface area (Å²) in [6.45, 7) is 3.86. The molecule has 1 aromatic carbocycles. The Hall–Kier alpha value is -4.40. The van der Waals surface area contributed by atoms with Crippen LogP contribution in [0.25, 0.3) is 0 Å². The van der Waals surface area contributed by atoms with E-state index in [0.29, 0.717) is 12.0 Å². The normalized spacial score (nSPS) is 13.8. The number of aromatic hydroxyl groups is 1. The second-order valence-electron chi connectivity index (χ2n) is 9.75. The average molecular weight is 565 g/mol. The number of carboxylic acid groups (broad SMARTS) is 1. The molecule has 0 saturated heterocycles. The van der Waals surface area contributed by atoms with E-state index in [1.54, 1.807) is 0 Å². The van der Waals surface area contributed by atoms with Gasteiger partial charge in [0, 0.05) is 13.0 Å². The van der Waals surface area contributed by atoms with Crippen molar-refractivity contribution in [2.24, 2.45) is 33.8 Å². The zero-order valence-corrected chi connectivity index (χ0v) is 22.6. The van der Waals surface area contributed by atoms with Crippen LogP contribution in [-0.2, 0) is 30.4 Å². The number of nitrogens with two attached hydrogens (primary N) is 4. The third-order valence-corrected chi connectivity index (χ3v) is 5.67. The molecule has 15 heteroatoms. The van der Waals surface area contributed by atoms with Crippen molar-refractivity contribution in [2.45, 2.75) is 70.1 Å². The minimum Gasteiger partial charge on any atom is -0.508 e. The first-order valence-corrected chi connectivity index (χ1v) is 12.7. The van der Waals surface area contributed by atoms with Gasteiger partial charge in [-0.25, -0.2) is 4.79 Å². The zero-order chi connectivity index (χ0) is 30.4. The Morgan fingerprint density at radius 3 is 1.95 bits per heavy atom. The molecule has 13 N–H and O–H groups in total. The number of carbonyl (C=O) groups is 5. The summed E-state index contributed by atoms with van der Waals surface area (Å²) in [4.78, 5) is 66.1. The number of primary amides is 1. The van der Waals surface area contributed by atoms with Crippen molar-refractivity contribution >= 4 is 35.6 Å². The van der Waals surface area contributed by atoms with Gasteiger partial charge in [0.05, 0.1) is 12.5 Å². The minimum absolute atomic E-state index is 0.00811. The predicted octanol–water partition coefficient (Wildman–Crippen LogP) is -2.22. The van der Waals surface area contributed by atoms with Crippen molar-refractivity contribution in [3.63, 3.8) is 0 Å². The van der Waals surface area contributed by atoms with Crippen molar-refractivity contribution in [2.75, 3.05) is 6.54 Å². The predicted molar refractivity (Wildman–Crippen MR) is 146 cm³/mol. The van der Waals surface area contributed by atoms with Gasteiger partial charge in [-0.1, -0.05) is 26.0 Å². The molecule has 0 bridgehead atoms. The molecule has 0 aliphatic rings. The number of rotatable bonds is 17. The highest BCUT2D eigenvalue weighted by Gasteiger charge is 2.31. The van der Waals surface area contributed by atoms with Crippen molar-refractivity contribution < 1.29 is 34.2 Å². The third-order valence-electron chi connectivity index (χ3n) is 5.67. The van der Waals surface area contributed by atoms with Crippen LogP contribution in [0, 0.1) is 5.92 Å². The molecule has 0 radical (unpaired) electrons. The number of hydrogen-bond donors (Lipinski definition) is 9. The molecule has 0 saturated carbocycles. The van der Waals surface area contributed by atoms with Gasteiger partial charge >= 0.3 is 5.97 Å². The van der Waals surface area contributed by atoms with Crippen LogP contribution in [0.5, 0.6) is 5.75 Å². The molecule has 0 fully saturated rings. The summed E-state index contributed by atoms with van der Waals surface area (Å²) in [5, 5.41) is 26.4. The van der Waals surface area contributed by atoms with Crippen molar-refractivity contribution in [3.05, 3.63) is 29.8 Å². The summed E-state index contributed by atoms with van der Waals surface area (Å²) in [6.07, 6.45) is -0.119. The van der Waals surface area contributed by atoms with Crippen LogP contribution in [0.15, 0.2) is 29.3 Å². The van der Waals surface area contributed by atoms with E-state index in [4.69, 9.17) is 22.9 Å². The number of benzene rings is 1. The topological polar surface area (TPSA) is 278 Å². The Kier molecular flexibility index (Phi) is 13.9. The first-order valence-electron chi connectivity index (χ1n) is 12.7. The molecule has 1 aromatic rings. The molecule has 0 aromatic heterocycles. The van der Waals surface area contributed by atoms with Gasteiger partial charge in [-0.2, -0.15) is 0 Å². The van der Waals surface area contributed by atoms with Gasteiger partial charge < -0.3 is 49.1 Å². The Morgan fingerprint density at radius 2 is 1.43 bits per heavy atom. The minimum atomic E-state index is -1.44. The lowest BCUT2D eigenvalue weighted by Crippen LogP contribution is -2.58. The molecule has 15 nitrogen and oxygen atoms in total. The van der Waals surface area contributed by atoms with E-state index in [-0.39, 0.29) is 43.4 Å². The number of nitrogens with one attached hydrogen (secondary N) is 3. The monoisotopic (exact) mass is 564 g/mol. The molecule has 0 aliphatic heterocycles.